The third kappa shape index (κ3) is 4.97. The Morgan fingerprint density at radius 2 is 1.57 bits per heavy atom. The van der Waals surface area contributed by atoms with E-state index in [0.717, 1.165) is 13.2 Å². The van der Waals surface area contributed by atoms with E-state index in [4.69, 9.17) is 9.47 Å². The number of hydrogen-bond donors (Lipinski definition) is 0. The summed E-state index contributed by atoms with van der Waals surface area (Å²) in [5.74, 6) is 0.701. The summed E-state index contributed by atoms with van der Waals surface area (Å²) in [6.45, 7) is 8.37. The molecule has 0 fully saturated rings. The summed E-state index contributed by atoms with van der Waals surface area (Å²) in [5.41, 5.74) is 0.229. The molecule has 0 aromatic rings. The molecule has 14 heavy (non-hydrogen) atoms. The highest BCUT2D eigenvalue weighted by Gasteiger charge is 2.30. The van der Waals surface area contributed by atoms with Gasteiger partial charge >= 0.3 is 0 Å². The predicted molar refractivity (Wildman–Crippen MR) is 60.5 cm³/mol. The first kappa shape index (κ1) is 13.9. The van der Waals surface area contributed by atoms with Gasteiger partial charge in [-0.15, -0.1) is 0 Å². The van der Waals surface area contributed by atoms with E-state index in [1.54, 1.807) is 14.2 Å². The fourth-order valence-corrected chi connectivity index (χ4v) is 2.41. The Bertz CT molecular complexity index is 115. The Morgan fingerprint density at radius 3 is 1.86 bits per heavy atom. The van der Waals surface area contributed by atoms with Gasteiger partial charge in [-0.25, -0.2) is 0 Å². The van der Waals surface area contributed by atoms with Gasteiger partial charge in [0, 0.05) is 19.6 Å². The smallest absolute Gasteiger partial charge is 0.0540 e. The van der Waals surface area contributed by atoms with Crippen LogP contribution in [-0.2, 0) is 9.47 Å². The molecule has 0 aliphatic heterocycles. The van der Waals surface area contributed by atoms with Gasteiger partial charge in [0.2, 0.25) is 0 Å². The minimum Gasteiger partial charge on any atom is -0.384 e. The first-order valence-corrected chi connectivity index (χ1v) is 5.58. The van der Waals surface area contributed by atoms with Crippen molar-refractivity contribution in [1.82, 2.24) is 0 Å². The van der Waals surface area contributed by atoms with Crippen molar-refractivity contribution in [3.63, 3.8) is 0 Å². The third-order valence-corrected chi connectivity index (χ3v) is 2.52. The molecule has 0 saturated carbocycles. The van der Waals surface area contributed by atoms with Crippen molar-refractivity contribution in [1.29, 1.82) is 0 Å². The fourth-order valence-electron chi connectivity index (χ4n) is 2.41. The second-order valence-electron chi connectivity index (χ2n) is 4.71. The third-order valence-electron chi connectivity index (χ3n) is 2.52. The van der Waals surface area contributed by atoms with Crippen LogP contribution in [0.2, 0.25) is 0 Å². The standard InChI is InChI=1S/C12H26O2/c1-6-7-12(9-13-4,10-14-5)8-11(2)3/h11H,6-10H2,1-5H3. The van der Waals surface area contributed by atoms with Crippen molar-refractivity contribution >= 4 is 0 Å². The molecule has 0 radical (unpaired) electrons. The topological polar surface area (TPSA) is 18.5 Å². The van der Waals surface area contributed by atoms with Crippen LogP contribution in [0.25, 0.3) is 0 Å². The number of methoxy groups -OCH3 is 2. The number of hydrogen-bond acceptors (Lipinski definition) is 2. The second-order valence-corrected chi connectivity index (χ2v) is 4.71. The van der Waals surface area contributed by atoms with E-state index in [9.17, 15) is 0 Å². The van der Waals surface area contributed by atoms with Gasteiger partial charge in [-0.05, 0) is 18.8 Å². The van der Waals surface area contributed by atoms with Crippen molar-refractivity contribution in [3.05, 3.63) is 0 Å². The van der Waals surface area contributed by atoms with Crippen molar-refractivity contribution in [2.24, 2.45) is 11.3 Å². The molecule has 0 rings (SSSR count). The van der Waals surface area contributed by atoms with Gasteiger partial charge in [0.15, 0.2) is 0 Å². The molecule has 0 aliphatic rings. The SMILES string of the molecule is CCCC(COC)(COC)CC(C)C. The summed E-state index contributed by atoms with van der Waals surface area (Å²) in [6.07, 6.45) is 3.56. The molecule has 0 bridgehead atoms. The second kappa shape index (κ2) is 7.24. The minimum atomic E-state index is 0.229. The van der Waals surface area contributed by atoms with Crippen LogP contribution >= 0.6 is 0 Å². The van der Waals surface area contributed by atoms with Gasteiger partial charge < -0.3 is 9.47 Å². The normalized spacial score (nSPS) is 12.4. The van der Waals surface area contributed by atoms with Crippen molar-refractivity contribution in [3.8, 4) is 0 Å². The Kier molecular flexibility index (Phi) is 7.20. The molecular formula is C12H26O2. The molecule has 0 aromatic heterocycles. The molecule has 0 aliphatic carbocycles. The molecular weight excluding hydrogens is 176 g/mol. The molecule has 2 heteroatoms. The van der Waals surface area contributed by atoms with E-state index in [-0.39, 0.29) is 5.41 Å². The van der Waals surface area contributed by atoms with Crippen LogP contribution in [0.5, 0.6) is 0 Å². The summed E-state index contributed by atoms with van der Waals surface area (Å²) in [7, 11) is 3.56. The van der Waals surface area contributed by atoms with Gasteiger partial charge in [0.05, 0.1) is 13.2 Å². The van der Waals surface area contributed by atoms with Crippen LogP contribution in [0.1, 0.15) is 40.0 Å². The Labute approximate surface area is 89.0 Å². The lowest BCUT2D eigenvalue weighted by Gasteiger charge is -2.33. The van der Waals surface area contributed by atoms with Crippen LogP contribution in [-0.4, -0.2) is 27.4 Å². The zero-order valence-corrected chi connectivity index (χ0v) is 10.4. The molecule has 0 spiro atoms. The molecule has 0 unspecified atom stereocenters. The highest BCUT2D eigenvalue weighted by atomic mass is 16.5. The molecule has 0 aromatic carbocycles. The molecule has 86 valence electrons. The first-order valence-electron chi connectivity index (χ1n) is 5.58. The molecule has 0 N–H and O–H groups in total. The van der Waals surface area contributed by atoms with Crippen molar-refractivity contribution < 1.29 is 9.47 Å². The molecule has 2 nitrogen and oxygen atoms in total. The molecule has 0 atom stereocenters. The van der Waals surface area contributed by atoms with E-state index < -0.39 is 0 Å². The van der Waals surface area contributed by atoms with Crippen LogP contribution in [0.15, 0.2) is 0 Å². The summed E-state index contributed by atoms with van der Waals surface area (Å²) in [4.78, 5) is 0. The highest BCUT2D eigenvalue weighted by molar-refractivity contribution is 4.79. The summed E-state index contributed by atoms with van der Waals surface area (Å²) in [6, 6.07) is 0. The average molecular weight is 202 g/mol. The molecule has 0 saturated heterocycles. The van der Waals surface area contributed by atoms with Gasteiger partial charge in [-0.1, -0.05) is 27.2 Å². The lowest BCUT2D eigenvalue weighted by Crippen LogP contribution is -2.33. The van der Waals surface area contributed by atoms with Crippen LogP contribution in [0.4, 0.5) is 0 Å². The largest absolute Gasteiger partial charge is 0.384 e. The van der Waals surface area contributed by atoms with E-state index in [0.29, 0.717) is 5.92 Å². The van der Waals surface area contributed by atoms with Gasteiger partial charge in [-0.2, -0.15) is 0 Å². The van der Waals surface area contributed by atoms with Crippen LogP contribution in [0, 0.1) is 11.3 Å². The van der Waals surface area contributed by atoms with E-state index in [1.807, 2.05) is 0 Å². The zero-order valence-electron chi connectivity index (χ0n) is 10.4. The Balaban J connectivity index is 4.37. The monoisotopic (exact) mass is 202 g/mol. The lowest BCUT2D eigenvalue weighted by molar-refractivity contribution is -0.00931. The van der Waals surface area contributed by atoms with E-state index in [1.165, 1.54) is 19.3 Å². The van der Waals surface area contributed by atoms with Crippen molar-refractivity contribution in [2.45, 2.75) is 40.0 Å². The van der Waals surface area contributed by atoms with E-state index >= 15 is 0 Å². The quantitative estimate of drug-likeness (QED) is 0.602. The summed E-state index contributed by atoms with van der Waals surface area (Å²) in [5, 5.41) is 0. The van der Waals surface area contributed by atoms with Gasteiger partial charge in [0.1, 0.15) is 0 Å². The maximum Gasteiger partial charge on any atom is 0.0540 e. The van der Waals surface area contributed by atoms with Crippen molar-refractivity contribution in [2.75, 3.05) is 27.4 Å². The Hall–Kier alpha value is -0.0800. The van der Waals surface area contributed by atoms with Gasteiger partial charge in [0.25, 0.3) is 0 Å². The average Bonchev–Trinajstić information content (AvgIpc) is 2.03. The molecule has 0 heterocycles. The first-order chi connectivity index (χ1) is 6.60. The number of rotatable bonds is 8. The zero-order chi connectivity index (χ0) is 11.0. The maximum atomic E-state index is 5.33. The predicted octanol–water partition coefficient (Wildman–Crippen LogP) is 3.11. The molecule has 0 amide bonds. The highest BCUT2D eigenvalue weighted by Crippen LogP contribution is 2.32. The van der Waals surface area contributed by atoms with Crippen LogP contribution in [0.3, 0.4) is 0 Å². The maximum absolute atomic E-state index is 5.33. The Morgan fingerprint density at radius 1 is 1.07 bits per heavy atom. The minimum absolute atomic E-state index is 0.229. The summed E-state index contributed by atoms with van der Waals surface area (Å²) >= 11 is 0. The van der Waals surface area contributed by atoms with Gasteiger partial charge in [-0.3, -0.25) is 0 Å². The summed E-state index contributed by atoms with van der Waals surface area (Å²) < 4.78 is 10.7. The van der Waals surface area contributed by atoms with Crippen LogP contribution < -0.4 is 0 Å². The number of ether oxygens (including phenoxy) is 2. The van der Waals surface area contributed by atoms with E-state index in [2.05, 4.69) is 20.8 Å². The lowest BCUT2D eigenvalue weighted by atomic mass is 9.78. The fraction of sp³-hybridized carbons (Fsp3) is 1.00.